The Morgan fingerprint density at radius 1 is 1.72 bits per heavy atom. The van der Waals surface area contributed by atoms with E-state index in [-0.39, 0.29) is 6.61 Å². The van der Waals surface area contributed by atoms with Crippen LogP contribution >= 0.6 is 0 Å². The second-order valence-electron chi connectivity index (χ2n) is 3.12. The van der Waals surface area contributed by atoms with Crippen molar-refractivity contribution in [2.24, 2.45) is 4.99 Å². The summed E-state index contributed by atoms with van der Waals surface area (Å²) in [5.74, 6) is 0.381. The molecule has 0 fully saturated rings. The fraction of sp³-hybridized carbons (Fsp3) is 0.300. The summed E-state index contributed by atoms with van der Waals surface area (Å²) in [6.07, 6.45) is 5.34. The van der Waals surface area contributed by atoms with Gasteiger partial charge in [0.1, 0.15) is 5.84 Å². The smallest absolute Gasteiger partial charge is 0.294 e. The van der Waals surface area contributed by atoms with E-state index < -0.39 is 5.09 Å². The summed E-state index contributed by atoms with van der Waals surface area (Å²) in [6.45, 7) is 0.288. The number of nitrogens with one attached hydrogen (secondary N) is 1. The highest BCUT2D eigenvalue weighted by molar-refractivity contribution is 5.99. The van der Waals surface area contributed by atoms with Gasteiger partial charge in [0.25, 0.3) is 5.09 Å². The topological polar surface area (TPSA) is 113 Å². The predicted molar refractivity (Wildman–Crippen MR) is 62.0 cm³/mol. The molecule has 1 heterocycles. The first-order valence-electron chi connectivity index (χ1n) is 5.11. The van der Waals surface area contributed by atoms with Crippen molar-refractivity contribution in [2.75, 3.05) is 13.2 Å². The molecule has 8 nitrogen and oxygen atoms in total. The summed E-state index contributed by atoms with van der Waals surface area (Å²) in [5.41, 5.74) is 0.675. The van der Waals surface area contributed by atoms with Gasteiger partial charge in [0.05, 0.1) is 6.61 Å². The highest BCUT2D eigenvalue weighted by atomic mass is 16.9. The minimum atomic E-state index is -0.848. The van der Waals surface area contributed by atoms with Crippen LogP contribution in [0.5, 0.6) is 0 Å². The molecule has 0 radical (unpaired) electrons. The maximum Gasteiger partial charge on any atom is 0.294 e. The number of amidine groups is 1. The number of rotatable bonds is 6. The first-order chi connectivity index (χ1) is 8.74. The van der Waals surface area contributed by atoms with Gasteiger partial charge >= 0.3 is 0 Å². The van der Waals surface area contributed by atoms with Crippen molar-refractivity contribution in [3.8, 4) is 6.19 Å². The third-order valence-corrected chi connectivity index (χ3v) is 1.88. The van der Waals surface area contributed by atoms with Crippen LogP contribution in [0.3, 0.4) is 0 Å². The zero-order valence-corrected chi connectivity index (χ0v) is 9.44. The maximum atomic E-state index is 9.90. The minimum Gasteiger partial charge on any atom is -0.314 e. The van der Waals surface area contributed by atoms with Gasteiger partial charge in [0.15, 0.2) is 6.19 Å². The van der Waals surface area contributed by atoms with E-state index in [1.165, 1.54) is 0 Å². The van der Waals surface area contributed by atoms with Gasteiger partial charge in [-0.3, -0.25) is 15.3 Å². The lowest BCUT2D eigenvalue weighted by atomic mass is 10.2. The van der Waals surface area contributed by atoms with Gasteiger partial charge in [-0.05, 0) is 18.6 Å². The van der Waals surface area contributed by atoms with E-state index >= 15 is 0 Å². The standard InChI is InChI=1S/C10H11N5O3/c11-8-14-10(9-3-1-4-12-7-9)13-5-2-6-18-15(16)17/h1,3-4,7H,2,5-6H2,(H,13,14). The van der Waals surface area contributed by atoms with Gasteiger partial charge in [-0.2, -0.15) is 5.26 Å². The summed E-state index contributed by atoms with van der Waals surface area (Å²) in [7, 11) is 0. The molecule has 1 aromatic rings. The van der Waals surface area contributed by atoms with Crippen molar-refractivity contribution in [3.63, 3.8) is 0 Å². The van der Waals surface area contributed by atoms with Gasteiger partial charge in [-0.15, -0.1) is 10.1 Å². The maximum absolute atomic E-state index is 9.90. The Labute approximate surface area is 103 Å². The molecular weight excluding hydrogens is 238 g/mol. The van der Waals surface area contributed by atoms with E-state index in [1.807, 2.05) is 0 Å². The highest BCUT2D eigenvalue weighted by Crippen LogP contribution is 1.97. The molecule has 0 aliphatic heterocycles. The number of hydrogen-bond acceptors (Lipinski definition) is 6. The molecule has 0 atom stereocenters. The molecule has 0 aliphatic rings. The van der Waals surface area contributed by atoms with Gasteiger partial charge in [0.2, 0.25) is 0 Å². The molecule has 18 heavy (non-hydrogen) atoms. The van der Waals surface area contributed by atoms with Crippen LogP contribution in [0, 0.1) is 21.6 Å². The van der Waals surface area contributed by atoms with Gasteiger partial charge in [0, 0.05) is 24.5 Å². The number of aromatic nitrogens is 1. The Hall–Kier alpha value is -2.69. The number of nitrogens with zero attached hydrogens (tertiary/aromatic N) is 4. The molecule has 0 amide bonds. The second kappa shape index (κ2) is 7.56. The lowest BCUT2D eigenvalue weighted by Crippen LogP contribution is -2.20. The SMILES string of the molecule is N#CNC(=NCCCO[N+](=O)[O-])c1cccnc1. The largest absolute Gasteiger partial charge is 0.314 e. The number of hydrogen-bond donors (Lipinski definition) is 1. The number of nitriles is 1. The van der Waals surface area contributed by atoms with Crippen molar-refractivity contribution in [2.45, 2.75) is 6.42 Å². The van der Waals surface area contributed by atoms with Crippen molar-refractivity contribution >= 4 is 5.84 Å². The third-order valence-electron chi connectivity index (χ3n) is 1.88. The fourth-order valence-corrected chi connectivity index (χ4v) is 1.15. The van der Waals surface area contributed by atoms with Crippen LogP contribution in [0.15, 0.2) is 29.5 Å². The van der Waals surface area contributed by atoms with Crippen molar-refractivity contribution in [1.29, 1.82) is 5.26 Å². The van der Waals surface area contributed by atoms with E-state index in [1.54, 1.807) is 30.7 Å². The average molecular weight is 249 g/mol. The van der Waals surface area contributed by atoms with E-state index in [2.05, 4.69) is 20.1 Å². The molecule has 1 N–H and O–H groups in total. The summed E-state index contributed by atoms with van der Waals surface area (Å²) in [6, 6.07) is 3.48. The van der Waals surface area contributed by atoms with E-state index in [4.69, 9.17) is 5.26 Å². The zero-order chi connectivity index (χ0) is 13.2. The quantitative estimate of drug-likeness (QED) is 0.149. The Balaban J connectivity index is 2.52. The Bertz CT molecular complexity index is 454. The lowest BCUT2D eigenvalue weighted by molar-refractivity contribution is -0.757. The summed E-state index contributed by atoms with van der Waals surface area (Å²) in [4.78, 5) is 22.1. The second-order valence-corrected chi connectivity index (χ2v) is 3.12. The molecule has 8 heteroatoms. The molecule has 94 valence electrons. The van der Waals surface area contributed by atoms with Crippen LogP contribution < -0.4 is 5.32 Å². The molecule has 1 aromatic heterocycles. The molecule has 0 aliphatic carbocycles. The van der Waals surface area contributed by atoms with Gasteiger partial charge < -0.3 is 4.84 Å². The van der Waals surface area contributed by atoms with Gasteiger partial charge in [-0.25, -0.2) is 0 Å². The Morgan fingerprint density at radius 2 is 2.56 bits per heavy atom. The fourth-order valence-electron chi connectivity index (χ4n) is 1.15. The molecule has 0 saturated carbocycles. The van der Waals surface area contributed by atoms with E-state index in [9.17, 15) is 10.1 Å². The lowest BCUT2D eigenvalue weighted by Gasteiger charge is -2.03. The predicted octanol–water partition coefficient (Wildman–Crippen LogP) is 0.497. The van der Waals surface area contributed by atoms with Crippen molar-refractivity contribution < 1.29 is 9.92 Å². The molecule has 1 rings (SSSR count). The van der Waals surface area contributed by atoms with Crippen LogP contribution in [-0.2, 0) is 4.84 Å². The van der Waals surface area contributed by atoms with Crippen LogP contribution in [0.4, 0.5) is 0 Å². The molecular formula is C10H11N5O3. The average Bonchev–Trinajstić information content (AvgIpc) is 2.38. The molecule has 0 unspecified atom stereocenters. The molecule has 0 aromatic carbocycles. The Morgan fingerprint density at radius 3 is 3.17 bits per heavy atom. The van der Waals surface area contributed by atoms with E-state index in [0.29, 0.717) is 24.4 Å². The zero-order valence-electron chi connectivity index (χ0n) is 9.44. The normalized spacial score (nSPS) is 10.5. The molecule has 0 bridgehead atoms. The first kappa shape index (κ1) is 13.4. The summed E-state index contributed by atoms with van der Waals surface area (Å²) >= 11 is 0. The van der Waals surface area contributed by atoms with Crippen LogP contribution in [-0.4, -0.2) is 29.1 Å². The number of aliphatic imine (C=N–C) groups is 1. The van der Waals surface area contributed by atoms with Crippen molar-refractivity contribution in [1.82, 2.24) is 10.3 Å². The van der Waals surface area contributed by atoms with Crippen molar-refractivity contribution in [3.05, 3.63) is 40.2 Å². The minimum absolute atomic E-state index is 0.0244. The monoisotopic (exact) mass is 249 g/mol. The van der Waals surface area contributed by atoms with Crippen LogP contribution in [0.2, 0.25) is 0 Å². The van der Waals surface area contributed by atoms with Crippen LogP contribution in [0.25, 0.3) is 0 Å². The number of pyridine rings is 1. The summed E-state index contributed by atoms with van der Waals surface area (Å²) in [5, 5.41) is 20.1. The Kier molecular flexibility index (Phi) is 5.62. The van der Waals surface area contributed by atoms with Crippen LogP contribution in [0.1, 0.15) is 12.0 Å². The van der Waals surface area contributed by atoms with E-state index in [0.717, 1.165) is 0 Å². The molecule has 0 spiro atoms. The molecule has 0 saturated heterocycles. The third kappa shape index (κ3) is 4.89. The van der Waals surface area contributed by atoms with Gasteiger partial charge in [-0.1, -0.05) is 0 Å². The summed E-state index contributed by atoms with van der Waals surface area (Å²) < 4.78 is 0. The first-order valence-corrected chi connectivity index (χ1v) is 5.11. The highest BCUT2D eigenvalue weighted by Gasteiger charge is 2.01.